The van der Waals surface area contributed by atoms with Gasteiger partial charge in [0.2, 0.25) is 0 Å². The minimum atomic E-state index is 0.758. The fourth-order valence-electron chi connectivity index (χ4n) is 3.14. The number of hydrogen-bond acceptors (Lipinski definition) is 4. The third kappa shape index (κ3) is 3.12. The molecule has 1 aliphatic rings. The summed E-state index contributed by atoms with van der Waals surface area (Å²) in [5.74, 6) is 3.37. The molecule has 2 heterocycles. The number of imidazole rings is 1. The number of rotatable bonds is 6. The Labute approximate surface area is 126 Å². The largest absolute Gasteiger partial charge is 0.369 e. The van der Waals surface area contributed by atoms with Crippen LogP contribution in [0.15, 0.2) is 18.6 Å². The van der Waals surface area contributed by atoms with Crippen molar-refractivity contribution in [3.63, 3.8) is 0 Å². The Morgan fingerprint density at radius 1 is 1.33 bits per heavy atom. The molecule has 2 aromatic rings. The molecule has 1 saturated carbocycles. The maximum atomic E-state index is 4.69. The summed E-state index contributed by atoms with van der Waals surface area (Å²) in [5, 5.41) is 6.88. The lowest BCUT2D eigenvalue weighted by Gasteiger charge is -2.17. The zero-order valence-electron chi connectivity index (χ0n) is 13.0. The first-order valence-electron chi connectivity index (χ1n) is 8.09. The van der Waals surface area contributed by atoms with Crippen molar-refractivity contribution in [2.24, 2.45) is 11.8 Å². The van der Waals surface area contributed by atoms with Gasteiger partial charge in [0.25, 0.3) is 0 Å². The van der Waals surface area contributed by atoms with Crippen molar-refractivity contribution < 1.29 is 0 Å². The summed E-state index contributed by atoms with van der Waals surface area (Å²) in [6.45, 7) is 6.45. The fraction of sp³-hybridized carbons (Fsp3) is 0.625. The van der Waals surface area contributed by atoms with Gasteiger partial charge in [-0.15, -0.1) is 0 Å². The van der Waals surface area contributed by atoms with Crippen LogP contribution in [0.5, 0.6) is 0 Å². The zero-order valence-corrected chi connectivity index (χ0v) is 13.0. The molecule has 5 nitrogen and oxygen atoms in total. The molecule has 0 radical (unpaired) electrons. The van der Waals surface area contributed by atoms with Crippen LogP contribution in [-0.4, -0.2) is 27.5 Å². The minimum absolute atomic E-state index is 0.758. The number of nitrogens with zero attached hydrogens (tertiary/aromatic N) is 3. The average molecular weight is 287 g/mol. The van der Waals surface area contributed by atoms with Crippen LogP contribution in [-0.2, 0) is 0 Å². The van der Waals surface area contributed by atoms with E-state index in [9.17, 15) is 0 Å². The second kappa shape index (κ2) is 6.33. The summed E-state index contributed by atoms with van der Waals surface area (Å²) in [7, 11) is 0. The van der Waals surface area contributed by atoms with E-state index in [0.717, 1.165) is 48.6 Å². The van der Waals surface area contributed by atoms with Crippen LogP contribution in [0.3, 0.4) is 0 Å². The summed E-state index contributed by atoms with van der Waals surface area (Å²) in [6.07, 6.45) is 10.9. The van der Waals surface area contributed by atoms with Gasteiger partial charge in [-0.05, 0) is 24.7 Å². The number of nitrogens with one attached hydrogen (secondary N) is 2. The van der Waals surface area contributed by atoms with Crippen LogP contribution in [0.2, 0.25) is 0 Å². The second-order valence-electron chi connectivity index (χ2n) is 6.11. The molecule has 2 aromatic heterocycles. The van der Waals surface area contributed by atoms with Gasteiger partial charge < -0.3 is 15.0 Å². The Balaban J connectivity index is 1.77. The Morgan fingerprint density at radius 3 is 3.00 bits per heavy atom. The van der Waals surface area contributed by atoms with Gasteiger partial charge in [0.05, 0.1) is 6.20 Å². The molecule has 2 atom stereocenters. The van der Waals surface area contributed by atoms with E-state index in [1.54, 1.807) is 0 Å². The summed E-state index contributed by atoms with van der Waals surface area (Å²) < 4.78 is 2.03. The van der Waals surface area contributed by atoms with Crippen LogP contribution in [0.25, 0.3) is 5.65 Å². The molecule has 0 spiro atoms. The highest BCUT2D eigenvalue weighted by atomic mass is 15.1. The first-order valence-corrected chi connectivity index (χ1v) is 8.09. The lowest BCUT2D eigenvalue weighted by Crippen LogP contribution is -2.18. The molecule has 114 valence electrons. The number of hydrogen-bond donors (Lipinski definition) is 2. The highest BCUT2D eigenvalue weighted by molar-refractivity contribution is 5.65. The second-order valence-corrected chi connectivity index (χ2v) is 6.11. The van der Waals surface area contributed by atoms with Crippen LogP contribution < -0.4 is 10.6 Å². The van der Waals surface area contributed by atoms with Gasteiger partial charge >= 0.3 is 0 Å². The quantitative estimate of drug-likeness (QED) is 0.855. The van der Waals surface area contributed by atoms with Crippen molar-refractivity contribution in [1.82, 2.24) is 14.4 Å². The monoisotopic (exact) mass is 287 g/mol. The first kappa shape index (κ1) is 14.2. The van der Waals surface area contributed by atoms with Crippen LogP contribution in [0.1, 0.15) is 39.5 Å². The Bertz CT molecular complexity index is 591. The van der Waals surface area contributed by atoms with Crippen LogP contribution in [0.4, 0.5) is 11.6 Å². The van der Waals surface area contributed by atoms with Gasteiger partial charge in [-0.1, -0.05) is 26.7 Å². The SMILES string of the molecule is CCCNc1cn2ccnc2c(NCC2CCCC2C)n1. The van der Waals surface area contributed by atoms with Crippen molar-refractivity contribution in [2.45, 2.75) is 39.5 Å². The molecule has 1 aliphatic carbocycles. The van der Waals surface area contributed by atoms with Crippen LogP contribution in [0, 0.1) is 11.8 Å². The Morgan fingerprint density at radius 2 is 2.24 bits per heavy atom. The lowest BCUT2D eigenvalue weighted by atomic mass is 9.98. The van der Waals surface area contributed by atoms with Crippen molar-refractivity contribution >= 4 is 17.3 Å². The zero-order chi connectivity index (χ0) is 14.7. The van der Waals surface area contributed by atoms with E-state index in [1.165, 1.54) is 19.3 Å². The molecule has 2 unspecified atom stereocenters. The molecular formula is C16H25N5. The molecule has 0 aliphatic heterocycles. The number of anilines is 2. The molecule has 21 heavy (non-hydrogen) atoms. The Kier molecular flexibility index (Phi) is 4.27. The van der Waals surface area contributed by atoms with Gasteiger partial charge in [0, 0.05) is 25.5 Å². The van der Waals surface area contributed by atoms with E-state index in [1.807, 2.05) is 23.0 Å². The van der Waals surface area contributed by atoms with E-state index < -0.39 is 0 Å². The maximum absolute atomic E-state index is 4.69. The standard InChI is InChI=1S/C16H25N5/c1-3-7-17-14-11-21-9-8-18-16(21)15(20-14)19-10-13-6-4-5-12(13)2/h8-9,11-13,17H,3-7,10H2,1-2H3,(H,19,20). The average Bonchev–Trinajstić information content (AvgIpc) is 3.11. The summed E-state index contributed by atoms with van der Waals surface area (Å²) >= 11 is 0. The predicted molar refractivity (Wildman–Crippen MR) is 86.8 cm³/mol. The molecular weight excluding hydrogens is 262 g/mol. The molecule has 1 fully saturated rings. The summed E-state index contributed by atoms with van der Waals surface area (Å²) in [4.78, 5) is 9.11. The fourth-order valence-corrected chi connectivity index (χ4v) is 3.14. The molecule has 2 N–H and O–H groups in total. The van der Waals surface area contributed by atoms with Crippen molar-refractivity contribution in [3.8, 4) is 0 Å². The van der Waals surface area contributed by atoms with Gasteiger partial charge in [-0.25, -0.2) is 9.97 Å². The summed E-state index contributed by atoms with van der Waals surface area (Å²) in [6, 6.07) is 0. The maximum Gasteiger partial charge on any atom is 0.180 e. The van der Waals surface area contributed by atoms with Gasteiger partial charge in [-0.2, -0.15) is 0 Å². The van der Waals surface area contributed by atoms with Crippen molar-refractivity contribution in [3.05, 3.63) is 18.6 Å². The van der Waals surface area contributed by atoms with Gasteiger partial charge in [0.1, 0.15) is 5.82 Å². The minimum Gasteiger partial charge on any atom is -0.369 e. The van der Waals surface area contributed by atoms with E-state index in [-0.39, 0.29) is 0 Å². The molecule has 0 amide bonds. The smallest absolute Gasteiger partial charge is 0.180 e. The molecule has 5 heteroatoms. The van der Waals surface area contributed by atoms with E-state index in [0.29, 0.717) is 0 Å². The number of fused-ring (bicyclic) bond motifs is 1. The highest BCUT2D eigenvalue weighted by Crippen LogP contribution is 2.31. The lowest BCUT2D eigenvalue weighted by molar-refractivity contribution is 0.439. The molecule has 0 bridgehead atoms. The molecule has 3 rings (SSSR count). The number of aromatic nitrogens is 3. The highest BCUT2D eigenvalue weighted by Gasteiger charge is 2.23. The molecule has 0 aromatic carbocycles. The van der Waals surface area contributed by atoms with E-state index in [2.05, 4.69) is 29.5 Å². The van der Waals surface area contributed by atoms with Crippen molar-refractivity contribution in [2.75, 3.05) is 23.7 Å². The molecule has 0 saturated heterocycles. The normalized spacial score (nSPS) is 21.8. The predicted octanol–water partition coefficient (Wildman–Crippen LogP) is 3.40. The van der Waals surface area contributed by atoms with Crippen molar-refractivity contribution in [1.29, 1.82) is 0 Å². The first-order chi connectivity index (χ1) is 10.3. The van der Waals surface area contributed by atoms with Crippen LogP contribution >= 0.6 is 0 Å². The van der Waals surface area contributed by atoms with E-state index >= 15 is 0 Å². The summed E-state index contributed by atoms with van der Waals surface area (Å²) in [5.41, 5.74) is 0.905. The van der Waals surface area contributed by atoms with E-state index in [4.69, 9.17) is 4.98 Å². The topological polar surface area (TPSA) is 54.2 Å². The Hall–Kier alpha value is -1.78. The third-order valence-electron chi connectivity index (χ3n) is 4.50. The van der Waals surface area contributed by atoms with Gasteiger partial charge in [0.15, 0.2) is 11.5 Å². The van der Waals surface area contributed by atoms with Gasteiger partial charge in [-0.3, -0.25) is 0 Å². The third-order valence-corrected chi connectivity index (χ3v) is 4.50.